The van der Waals surface area contributed by atoms with Gasteiger partial charge in [-0.3, -0.25) is 0 Å². The molecule has 2 saturated heterocycles. The van der Waals surface area contributed by atoms with Gasteiger partial charge in [0, 0.05) is 6.54 Å². The summed E-state index contributed by atoms with van der Waals surface area (Å²) in [5.41, 5.74) is 4.25. The normalized spacial score (nSPS) is 33.2. The summed E-state index contributed by atoms with van der Waals surface area (Å²) in [5, 5.41) is 4.13. The number of fused-ring (bicyclic) bond motifs is 1. The summed E-state index contributed by atoms with van der Waals surface area (Å²) < 4.78 is 29.5. The fraction of sp³-hybridized carbons (Fsp3) is 0.600. The molecule has 1 unspecified atom stereocenters. The van der Waals surface area contributed by atoms with Crippen molar-refractivity contribution in [1.82, 2.24) is 5.43 Å². The van der Waals surface area contributed by atoms with Crippen LogP contribution >= 0.6 is 0 Å². The Hall–Kier alpha value is -2.00. The van der Waals surface area contributed by atoms with Gasteiger partial charge in [-0.25, -0.2) is 4.79 Å². The Balaban J connectivity index is 1.53. The first-order valence-corrected chi connectivity index (χ1v) is 9.62. The highest BCUT2D eigenvalue weighted by Gasteiger charge is 2.58. The number of benzene rings is 1. The molecule has 1 N–H and O–H groups in total. The third-order valence-corrected chi connectivity index (χ3v) is 5.06. The Morgan fingerprint density at radius 2 is 2.04 bits per heavy atom. The smallest absolute Gasteiger partial charge is 0.354 e. The van der Waals surface area contributed by atoms with Gasteiger partial charge in [-0.05, 0) is 26.3 Å². The summed E-state index contributed by atoms with van der Waals surface area (Å²) in [4.78, 5) is 12.3. The average Bonchev–Trinajstić information content (AvgIpc) is 3.33. The Morgan fingerprint density at radius 1 is 1.25 bits per heavy atom. The Labute approximate surface area is 164 Å². The number of esters is 1. The lowest BCUT2D eigenvalue weighted by Gasteiger charge is -2.29. The predicted octanol–water partition coefficient (Wildman–Crippen LogP) is 1.59. The summed E-state index contributed by atoms with van der Waals surface area (Å²) in [6.45, 7) is 6.62. The van der Waals surface area contributed by atoms with E-state index < -0.39 is 30.3 Å². The van der Waals surface area contributed by atoms with E-state index in [9.17, 15) is 4.79 Å². The van der Waals surface area contributed by atoms with E-state index in [1.165, 1.54) is 0 Å². The molecule has 2 fully saturated rings. The van der Waals surface area contributed by atoms with Crippen LogP contribution in [0.3, 0.4) is 0 Å². The van der Waals surface area contributed by atoms with E-state index in [4.69, 9.17) is 23.7 Å². The molecule has 0 amide bonds. The van der Waals surface area contributed by atoms with Crippen LogP contribution in [-0.4, -0.2) is 55.2 Å². The molecular formula is C20H26N2O6. The van der Waals surface area contributed by atoms with E-state index in [1.807, 2.05) is 44.2 Å². The summed E-state index contributed by atoms with van der Waals surface area (Å²) in [7, 11) is 0. The SMILES string of the molecule is CCOC(=O)C1=NNCC1[C@H]1O[C@@H]2OC(C)(C)O[C@@H]2[C@@H]1OCc1ccccc1. The van der Waals surface area contributed by atoms with Crippen molar-refractivity contribution in [1.29, 1.82) is 0 Å². The van der Waals surface area contributed by atoms with E-state index in [-0.39, 0.29) is 18.6 Å². The predicted molar refractivity (Wildman–Crippen MR) is 99.3 cm³/mol. The van der Waals surface area contributed by atoms with Crippen molar-refractivity contribution in [3.63, 3.8) is 0 Å². The zero-order valence-electron chi connectivity index (χ0n) is 16.3. The van der Waals surface area contributed by atoms with E-state index in [0.29, 0.717) is 18.9 Å². The summed E-state index contributed by atoms with van der Waals surface area (Å²) in [6.07, 6.45) is -1.78. The number of nitrogens with one attached hydrogen (secondary N) is 1. The lowest BCUT2D eigenvalue weighted by molar-refractivity contribution is -0.222. The van der Waals surface area contributed by atoms with Crippen molar-refractivity contribution < 1.29 is 28.5 Å². The zero-order valence-corrected chi connectivity index (χ0v) is 16.3. The minimum atomic E-state index is -0.749. The summed E-state index contributed by atoms with van der Waals surface area (Å²) >= 11 is 0. The number of hydrogen-bond acceptors (Lipinski definition) is 8. The Kier molecular flexibility index (Phi) is 5.37. The molecule has 0 spiro atoms. The molecule has 3 aliphatic heterocycles. The van der Waals surface area contributed by atoms with E-state index in [0.717, 1.165) is 5.56 Å². The number of nitrogens with zero attached hydrogens (tertiary/aromatic N) is 1. The van der Waals surface area contributed by atoms with Gasteiger partial charge < -0.3 is 29.1 Å². The van der Waals surface area contributed by atoms with Gasteiger partial charge in [-0.1, -0.05) is 30.3 Å². The van der Waals surface area contributed by atoms with Crippen LogP contribution < -0.4 is 5.43 Å². The molecule has 5 atom stereocenters. The van der Waals surface area contributed by atoms with Crippen molar-refractivity contribution in [3.05, 3.63) is 35.9 Å². The topological polar surface area (TPSA) is 87.6 Å². The lowest BCUT2D eigenvalue weighted by Crippen LogP contribution is -2.45. The third kappa shape index (κ3) is 3.77. The van der Waals surface area contributed by atoms with Gasteiger partial charge in [0.1, 0.15) is 18.3 Å². The van der Waals surface area contributed by atoms with Gasteiger partial charge in [0.25, 0.3) is 0 Å². The largest absolute Gasteiger partial charge is 0.461 e. The lowest BCUT2D eigenvalue weighted by atomic mass is 9.92. The van der Waals surface area contributed by atoms with Crippen LogP contribution in [0.5, 0.6) is 0 Å². The molecule has 3 heterocycles. The van der Waals surface area contributed by atoms with Crippen LogP contribution in [-0.2, 0) is 35.1 Å². The van der Waals surface area contributed by atoms with Crippen LogP contribution in [0.25, 0.3) is 0 Å². The fourth-order valence-corrected chi connectivity index (χ4v) is 3.87. The first-order valence-electron chi connectivity index (χ1n) is 9.62. The van der Waals surface area contributed by atoms with Crippen molar-refractivity contribution >= 4 is 11.7 Å². The molecule has 0 radical (unpaired) electrons. The first-order chi connectivity index (χ1) is 13.5. The number of rotatable bonds is 6. The molecule has 152 valence electrons. The molecule has 0 saturated carbocycles. The van der Waals surface area contributed by atoms with Crippen LogP contribution in [0, 0.1) is 5.92 Å². The van der Waals surface area contributed by atoms with Crippen molar-refractivity contribution in [2.24, 2.45) is 11.0 Å². The molecule has 1 aromatic rings. The molecule has 0 aromatic heterocycles. The van der Waals surface area contributed by atoms with E-state index in [1.54, 1.807) is 6.92 Å². The number of carbonyl (C=O) groups excluding carboxylic acids is 1. The van der Waals surface area contributed by atoms with E-state index >= 15 is 0 Å². The number of hydrogen-bond donors (Lipinski definition) is 1. The first kappa shape index (κ1) is 19.3. The quantitative estimate of drug-likeness (QED) is 0.738. The molecule has 8 heteroatoms. The molecule has 0 aliphatic carbocycles. The average molecular weight is 390 g/mol. The Bertz CT molecular complexity index is 737. The van der Waals surface area contributed by atoms with Crippen molar-refractivity contribution in [3.8, 4) is 0 Å². The van der Waals surface area contributed by atoms with E-state index in [2.05, 4.69) is 10.5 Å². The molecular weight excluding hydrogens is 364 g/mol. The molecule has 28 heavy (non-hydrogen) atoms. The van der Waals surface area contributed by atoms with Crippen LogP contribution in [0.2, 0.25) is 0 Å². The highest BCUT2D eigenvalue weighted by atomic mass is 16.8. The molecule has 0 bridgehead atoms. The van der Waals surface area contributed by atoms with Gasteiger partial charge in [0.05, 0.1) is 19.1 Å². The number of hydrazone groups is 1. The van der Waals surface area contributed by atoms with Gasteiger partial charge in [-0.15, -0.1) is 0 Å². The standard InChI is InChI=1S/C20H26N2O6/c1-4-24-18(23)14-13(10-21-22-14)15-16(25-11-12-8-6-5-7-9-12)17-19(26-15)28-20(2,3)27-17/h5-9,13,15-17,19,21H,4,10-11H2,1-3H3/t13?,15-,16-,17-,19-/m1/s1. The van der Waals surface area contributed by atoms with Crippen LogP contribution in [0.4, 0.5) is 0 Å². The Morgan fingerprint density at radius 3 is 2.79 bits per heavy atom. The second-order valence-corrected chi connectivity index (χ2v) is 7.52. The second kappa shape index (κ2) is 7.79. The van der Waals surface area contributed by atoms with Gasteiger partial charge in [0.2, 0.25) is 0 Å². The molecule has 4 rings (SSSR count). The fourth-order valence-electron chi connectivity index (χ4n) is 3.87. The molecule has 1 aromatic carbocycles. The number of carbonyl (C=O) groups is 1. The maximum atomic E-state index is 12.3. The van der Waals surface area contributed by atoms with Crippen molar-refractivity contribution in [2.45, 2.75) is 57.8 Å². The maximum Gasteiger partial charge on any atom is 0.354 e. The van der Waals surface area contributed by atoms with Crippen LogP contribution in [0.1, 0.15) is 26.3 Å². The van der Waals surface area contributed by atoms with Crippen LogP contribution in [0.15, 0.2) is 35.4 Å². The molecule has 3 aliphatic rings. The van der Waals surface area contributed by atoms with Gasteiger partial charge in [0.15, 0.2) is 17.8 Å². The highest BCUT2D eigenvalue weighted by molar-refractivity contribution is 6.37. The highest BCUT2D eigenvalue weighted by Crippen LogP contribution is 2.41. The minimum Gasteiger partial charge on any atom is -0.461 e. The van der Waals surface area contributed by atoms with Gasteiger partial charge in [-0.2, -0.15) is 5.10 Å². The monoisotopic (exact) mass is 390 g/mol. The van der Waals surface area contributed by atoms with Crippen molar-refractivity contribution in [2.75, 3.05) is 13.2 Å². The second-order valence-electron chi connectivity index (χ2n) is 7.52. The third-order valence-electron chi connectivity index (χ3n) is 5.06. The van der Waals surface area contributed by atoms with Gasteiger partial charge >= 0.3 is 5.97 Å². The summed E-state index contributed by atoms with van der Waals surface area (Å²) in [6, 6.07) is 9.90. The summed E-state index contributed by atoms with van der Waals surface area (Å²) in [5.74, 6) is -1.50. The minimum absolute atomic E-state index is 0.287. The maximum absolute atomic E-state index is 12.3. The zero-order chi connectivity index (χ0) is 19.7. The number of ether oxygens (including phenoxy) is 5. The molecule has 8 nitrogen and oxygen atoms in total.